The summed E-state index contributed by atoms with van der Waals surface area (Å²) in [4.78, 5) is 14.9. The number of aryl methyl sites for hydroxylation is 1. The number of ether oxygens (including phenoxy) is 1. The van der Waals surface area contributed by atoms with Gasteiger partial charge in [0, 0.05) is 29.6 Å². The van der Waals surface area contributed by atoms with Crippen LogP contribution in [0.4, 0.5) is 5.69 Å². The van der Waals surface area contributed by atoms with Gasteiger partial charge < -0.3 is 15.0 Å². The number of anilines is 1. The topological polar surface area (TPSA) is 41.6 Å². The largest absolute Gasteiger partial charge is 0.493 e. The van der Waals surface area contributed by atoms with Crippen LogP contribution < -0.4 is 15.0 Å². The number of carbonyl (C=O) groups excluding carboxylic acids is 1. The minimum atomic E-state index is -0.601. The van der Waals surface area contributed by atoms with E-state index in [2.05, 4.69) is 74.3 Å². The molecule has 0 aromatic heterocycles. The average molecular weight is 391 g/mol. The zero-order chi connectivity index (χ0) is 20.6. The first-order valence-electron chi connectivity index (χ1n) is 10.5. The molecule has 1 saturated heterocycles. The van der Waals surface area contributed by atoms with E-state index in [0.29, 0.717) is 19.6 Å². The van der Waals surface area contributed by atoms with E-state index in [1.54, 1.807) is 0 Å². The summed E-state index contributed by atoms with van der Waals surface area (Å²) in [6.45, 7) is 10.1. The fourth-order valence-corrected chi connectivity index (χ4v) is 4.64. The summed E-state index contributed by atoms with van der Waals surface area (Å²) >= 11 is 0. The van der Waals surface area contributed by atoms with Crippen molar-refractivity contribution >= 4 is 17.7 Å². The number of nitrogens with zero attached hydrogens (tertiary/aromatic N) is 1. The predicted molar refractivity (Wildman–Crippen MR) is 118 cm³/mol. The SMILES string of the molecule is CCCOc1ccccc1C=C[C@@]12NC(=O)CCN1c1ccc(C)cc1C2(C)C. The number of hydrogen-bond donors (Lipinski definition) is 1. The van der Waals surface area contributed by atoms with Crippen molar-refractivity contribution in [2.24, 2.45) is 0 Å². The second kappa shape index (κ2) is 7.25. The van der Waals surface area contributed by atoms with Crippen LogP contribution in [0.2, 0.25) is 0 Å². The van der Waals surface area contributed by atoms with Gasteiger partial charge in [-0.2, -0.15) is 0 Å². The number of nitrogens with one attached hydrogen (secondary N) is 1. The van der Waals surface area contributed by atoms with E-state index in [4.69, 9.17) is 4.74 Å². The number of benzene rings is 2. The van der Waals surface area contributed by atoms with E-state index in [0.717, 1.165) is 17.7 Å². The summed E-state index contributed by atoms with van der Waals surface area (Å²) in [6, 6.07) is 14.7. The Labute approximate surface area is 173 Å². The summed E-state index contributed by atoms with van der Waals surface area (Å²) in [5, 5.41) is 3.34. The molecule has 2 aliphatic heterocycles. The van der Waals surface area contributed by atoms with Crippen LogP contribution in [0.25, 0.3) is 6.08 Å². The van der Waals surface area contributed by atoms with E-state index in [9.17, 15) is 4.79 Å². The Morgan fingerprint density at radius 1 is 1.21 bits per heavy atom. The summed E-state index contributed by atoms with van der Waals surface area (Å²) < 4.78 is 5.93. The summed E-state index contributed by atoms with van der Waals surface area (Å²) in [7, 11) is 0. The first-order chi connectivity index (χ1) is 13.9. The van der Waals surface area contributed by atoms with Gasteiger partial charge in [-0.25, -0.2) is 0 Å². The molecule has 0 saturated carbocycles. The molecule has 4 rings (SSSR count). The molecule has 0 unspecified atom stereocenters. The van der Waals surface area contributed by atoms with Crippen LogP contribution in [0.3, 0.4) is 0 Å². The third-order valence-electron chi connectivity index (χ3n) is 6.27. The fraction of sp³-hybridized carbons (Fsp3) is 0.400. The van der Waals surface area contributed by atoms with Crippen molar-refractivity contribution in [3.63, 3.8) is 0 Å². The Bertz CT molecular complexity index is 963. The van der Waals surface area contributed by atoms with E-state index in [-0.39, 0.29) is 11.3 Å². The van der Waals surface area contributed by atoms with Crippen molar-refractivity contribution in [1.82, 2.24) is 5.32 Å². The fourth-order valence-electron chi connectivity index (χ4n) is 4.64. The smallest absolute Gasteiger partial charge is 0.223 e. The average Bonchev–Trinajstić information content (AvgIpc) is 2.89. The Hall–Kier alpha value is -2.75. The van der Waals surface area contributed by atoms with Gasteiger partial charge >= 0.3 is 0 Å². The van der Waals surface area contributed by atoms with Gasteiger partial charge in [0.15, 0.2) is 0 Å². The molecule has 4 heteroatoms. The minimum absolute atomic E-state index is 0.0963. The number of carbonyl (C=O) groups is 1. The molecule has 0 aliphatic carbocycles. The van der Waals surface area contributed by atoms with Gasteiger partial charge in [-0.15, -0.1) is 0 Å². The van der Waals surface area contributed by atoms with Gasteiger partial charge in [-0.3, -0.25) is 4.79 Å². The Kier molecular flexibility index (Phi) is 4.89. The van der Waals surface area contributed by atoms with Gasteiger partial charge in [-0.05, 0) is 37.1 Å². The van der Waals surface area contributed by atoms with Crippen molar-refractivity contribution in [2.75, 3.05) is 18.1 Å². The molecule has 1 amide bonds. The Balaban J connectivity index is 1.80. The standard InChI is InChI=1S/C25H30N2O2/c1-5-16-29-22-9-7-6-8-19(22)12-14-25-24(3,4)20-17-18(2)10-11-21(20)27(25)15-13-23(28)26-25/h6-12,14,17H,5,13,15-16H2,1-4H3,(H,26,28)/t25-/m1/s1. The maximum Gasteiger partial charge on any atom is 0.223 e. The minimum Gasteiger partial charge on any atom is -0.493 e. The van der Waals surface area contributed by atoms with Crippen molar-refractivity contribution in [3.05, 3.63) is 65.2 Å². The zero-order valence-electron chi connectivity index (χ0n) is 17.8. The van der Waals surface area contributed by atoms with Crippen LogP contribution in [0.15, 0.2) is 48.5 Å². The second-order valence-corrected chi connectivity index (χ2v) is 8.58. The molecule has 1 atom stereocenters. The molecule has 2 aliphatic rings. The van der Waals surface area contributed by atoms with E-state index in [1.807, 2.05) is 18.2 Å². The van der Waals surface area contributed by atoms with Gasteiger partial charge in [0.2, 0.25) is 5.91 Å². The predicted octanol–water partition coefficient (Wildman–Crippen LogP) is 4.81. The van der Waals surface area contributed by atoms with E-state index < -0.39 is 5.66 Å². The number of rotatable bonds is 5. The van der Waals surface area contributed by atoms with Crippen LogP contribution in [-0.4, -0.2) is 24.7 Å². The third kappa shape index (κ3) is 3.11. The molecule has 1 N–H and O–H groups in total. The lowest BCUT2D eigenvalue weighted by Gasteiger charge is -2.49. The number of amides is 1. The summed E-state index contributed by atoms with van der Waals surface area (Å²) in [5.41, 5.74) is 3.87. The molecule has 4 nitrogen and oxygen atoms in total. The molecule has 0 spiro atoms. The highest BCUT2D eigenvalue weighted by Gasteiger charge is 2.57. The zero-order valence-corrected chi connectivity index (χ0v) is 17.8. The van der Waals surface area contributed by atoms with Gasteiger partial charge in [0.25, 0.3) is 0 Å². The lowest BCUT2D eigenvalue weighted by atomic mass is 9.74. The molecular formula is C25H30N2O2. The molecule has 0 bridgehead atoms. The number of hydrogen-bond acceptors (Lipinski definition) is 3. The Morgan fingerprint density at radius 3 is 2.79 bits per heavy atom. The number of fused-ring (bicyclic) bond motifs is 3. The van der Waals surface area contributed by atoms with Crippen LogP contribution >= 0.6 is 0 Å². The highest BCUT2D eigenvalue weighted by Crippen LogP contribution is 2.52. The van der Waals surface area contributed by atoms with Crippen LogP contribution in [0, 0.1) is 6.92 Å². The molecule has 1 fully saturated rings. The molecule has 0 radical (unpaired) electrons. The molecule has 2 aromatic rings. The Morgan fingerprint density at radius 2 is 2.00 bits per heavy atom. The lowest BCUT2D eigenvalue weighted by Crippen LogP contribution is -2.68. The normalized spacial score (nSPS) is 22.3. The van der Waals surface area contributed by atoms with Crippen molar-refractivity contribution < 1.29 is 9.53 Å². The maximum absolute atomic E-state index is 12.5. The first kappa shape index (κ1) is 19.6. The molecular weight excluding hydrogens is 360 g/mol. The van der Waals surface area contributed by atoms with Gasteiger partial charge in [-0.1, -0.05) is 62.7 Å². The highest BCUT2D eigenvalue weighted by atomic mass is 16.5. The summed E-state index contributed by atoms with van der Waals surface area (Å²) in [6.07, 6.45) is 5.74. The quantitative estimate of drug-likeness (QED) is 0.796. The highest BCUT2D eigenvalue weighted by molar-refractivity contribution is 5.85. The van der Waals surface area contributed by atoms with Crippen LogP contribution in [-0.2, 0) is 10.2 Å². The van der Waals surface area contributed by atoms with Gasteiger partial charge in [0.1, 0.15) is 11.4 Å². The second-order valence-electron chi connectivity index (χ2n) is 8.58. The number of para-hydroxylation sites is 1. The van der Waals surface area contributed by atoms with Crippen LogP contribution in [0.1, 0.15) is 50.3 Å². The third-order valence-corrected chi connectivity index (χ3v) is 6.27. The first-order valence-corrected chi connectivity index (χ1v) is 10.5. The molecule has 152 valence electrons. The van der Waals surface area contributed by atoms with Crippen molar-refractivity contribution in [1.29, 1.82) is 0 Å². The molecule has 2 heterocycles. The van der Waals surface area contributed by atoms with Crippen molar-refractivity contribution in [3.8, 4) is 5.75 Å². The van der Waals surface area contributed by atoms with Gasteiger partial charge in [0.05, 0.1) is 6.61 Å². The summed E-state index contributed by atoms with van der Waals surface area (Å²) in [5.74, 6) is 0.971. The molecule has 29 heavy (non-hydrogen) atoms. The van der Waals surface area contributed by atoms with E-state index >= 15 is 0 Å². The lowest BCUT2D eigenvalue weighted by molar-refractivity contribution is -0.124. The van der Waals surface area contributed by atoms with Crippen LogP contribution in [0.5, 0.6) is 5.75 Å². The molecule has 2 aromatic carbocycles. The maximum atomic E-state index is 12.5. The van der Waals surface area contributed by atoms with E-state index in [1.165, 1.54) is 16.8 Å². The van der Waals surface area contributed by atoms with Crippen molar-refractivity contribution in [2.45, 2.75) is 51.6 Å². The monoisotopic (exact) mass is 390 g/mol.